The number of aromatic amines is 1. The molecule has 0 radical (unpaired) electrons. The molecule has 30 heavy (non-hydrogen) atoms. The van der Waals surface area contributed by atoms with Gasteiger partial charge < -0.3 is 19.9 Å². The number of hydrogen-bond acceptors (Lipinski definition) is 3. The summed E-state index contributed by atoms with van der Waals surface area (Å²) in [4.78, 5) is 21.1. The van der Waals surface area contributed by atoms with E-state index in [4.69, 9.17) is 0 Å². The number of aromatic hydroxyl groups is 1. The summed E-state index contributed by atoms with van der Waals surface area (Å²) in [5.41, 5.74) is 5.68. The molecule has 1 saturated heterocycles. The second kappa shape index (κ2) is 8.10. The molecule has 2 N–H and O–H groups in total. The van der Waals surface area contributed by atoms with Crippen LogP contribution >= 0.6 is 0 Å². The normalized spacial score (nSPS) is 23.7. The van der Waals surface area contributed by atoms with Gasteiger partial charge in [-0.15, -0.1) is 0 Å². The van der Waals surface area contributed by atoms with Crippen molar-refractivity contribution in [2.24, 2.45) is 5.92 Å². The average Bonchev–Trinajstić information content (AvgIpc) is 3.07. The molecule has 2 aliphatic rings. The fourth-order valence-corrected chi connectivity index (χ4v) is 5.79. The Morgan fingerprint density at radius 2 is 2.07 bits per heavy atom. The molecule has 5 heteroatoms. The van der Waals surface area contributed by atoms with Gasteiger partial charge in [0.25, 0.3) is 5.91 Å². The average molecular weight is 410 g/mol. The summed E-state index contributed by atoms with van der Waals surface area (Å²) in [5, 5.41) is 10.2. The molecule has 5 nitrogen and oxygen atoms in total. The number of nitrogens with zero attached hydrogens (tertiary/aromatic N) is 2. The monoisotopic (exact) mass is 409 g/mol. The number of benzene rings is 1. The van der Waals surface area contributed by atoms with Crippen molar-refractivity contribution < 1.29 is 9.90 Å². The number of piperidine rings is 1. The minimum atomic E-state index is 0.00419. The van der Waals surface area contributed by atoms with Gasteiger partial charge in [-0.05, 0) is 87.9 Å². The van der Waals surface area contributed by atoms with Crippen molar-refractivity contribution in [3.05, 3.63) is 52.3 Å². The van der Waals surface area contributed by atoms with E-state index in [2.05, 4.69) is 29.8 Å². The number of fused-ring (bicyclic) bond motifs is 2. The first-order valence-electron chi connectivity index (χ1n) is 11.4. The van der Waals surface area contributed by atoms with E-state index in [0.717, 1.165) is 63.2 Å². The number of nitrogens with one attached hydrogen (secondary N) is 1. The lowest BCUT2D eigenvalue weighted by Crippen LogP contribution is -2.53. The summed E-state index contributed by atoms with van der Waals surface area (Å²) in [6.45, 7) is 13.1. The summed E-state index contributed by atoms with van der Waals surface area (Å²) < 4.78 is 0. The van der Waals surface area contributed by atoms with Gasteiger partial charge in [0, 0.05) is 30.7 Å². The first kappa shape index (κ1) is 21.0. The van der Waals surface area contributed by atoms with Crippen molar-refractivity contribution in [1.29, 1.82) is 0 Å². The number of carbonyl (C=O) groups excluding carboxylic acids is 1. The minimum Gasteiger partial charge on any atom is -0.508 e. The Balaban J connectivity index is 1.77. The quantitative estimate of drug-likeness (QED) is 0.788. The van der Waals surface area contributed by atoms with E-state index in [1.807, 2.05) is 30.9 Å². The molecule has 1 aliphatic heterocycles. The zero-order valence-corrected chi connectivity index (χ0v) is 18.8. The second-order valence-corrected chi connectivity index (χ2v) is 8.99. The number of carbonyl (C=O) groups is 1. The maximum Gasteiger partial charge on any atom is 0.270 e. The van der Waals surface area contributed by atoms with E-state index in [0.29, 0.717) is 11.7 Å². The zero-order chi connectivity index (χ0) is 21.5. The SMILES string of the molecule is CCN1CCC2(c3cccc(O)c3)Cc3[nH]c(C(=O)N(CC)CC)c(C)c3C[C@@H]2C1. The molecule has 1 aromatic heterocycles. The van der Waals surface area contributed by atoms with Gasteiger partial charge in [-0.25, -0.2) is 0 Å². The molecule has 1 aliphatic carbocycles. The second-order valence-electron chi connectivity index (χ2n) is 8.99. The minimum absolute atomic E-state index is 0.00419. The van der Waals surface area contributed by atoms with Crippen LogP contribution < -0.4 is 0 Å². The molecule has 0 saturated carbocycles. The molecule has 162 valence electrons. The van der Waals surface area contributed by atoms with E-state index in [9.17, 15) is 9.90 Å². The number of likely N-dealkylation sites (tertiary alicyclic amines) is 1. The van der Waals surface area contributed by atoms with Crippen molar-refractivity contribution >= 4 is 5.91 Å². The molecule has 0 bridgehead atoms. The summed E-state index contributed by atoms with van der Waals surface area (Å²) in [6.07, 6.45) is 2.96. The number of H-pyrrole nitrogens is 1. The lowest BCUT2D eigenvalue weighted by molar-refractivity contribution is 0.0766. The topological polar surface area (TPSA) is 59.6 Å². The number of amides is 1. The molecule has 1 fully saturated rings. The summed E-state index contributed by atoms with van der Waals surface area (Å²) >= 11 is 0. The van der Waals surface area contributed by atoms with Gasteiger partial charge in [0.15, 0.2) is 0 Å². The zero-order valence-electron chi connectivity index (χ0n) is 18.8. The molecule has 0 spiro atoms. The first-order chi connectivity index (χ1) is 14.4. The van der Waals surface area contributed by atoms with E-state index >= 15 is 0 Å². The van der Waals surface area contributed by atoms with Gasteiger partial charge in [0.2, 0.25) is 0 Å². The number of aromatic nitrogens is 1. The number of rotatable bonds is 5. The summed E-state index contributed by atoms with van der Waals surface area (Å²) in [6, 6.07) is 7.85. The maximum absolute atomic E-state index is 13.1. The largest absolute Gasteiger partial charge is 0.508 e. The molecule has 4 rings (SSSR count). The molecule has 1 aromatic carbocycles. The highest BCUT2D eigenvalue weighted by Crippen LogP contribution is 2.49. The van der Waals surface area contributed by atoms with Gasteiger partial charge in [0.05, 0.1) is 0 Å². The van der Waals surface area contributed by atoms with Gasteiger partial charge in [-0.3, -0.25) is 4.79 Å². The van der Waals surface area contributed by atoms with E-state index in [1.54, 1.807) is 6.07 Å². The summed E-state index contributed by atoms with van der Waals surface area (Å²) in [7, 11) is 0. The Bertz CT molecular complexity index is 930. The van der Waals surface area contributed by atoms with Crippen LogP contribution in [0.4, 0.5) is 0 Å². The third-order valence-electron chi connectivity index (χ3n) is 7.68. The fourth-order valence-electron chi connectivity index (χ4n) is 5.79. The van der Waals surface area contributed by atoms with Crippen LogP contribution in [-0.2, 0) is 18.3 Å². The van der Waals surface area contributed by atoms with Crippen molar-refractivity contribution in [2.75, 3.05) is 32.7 Å². The molecular weight excluding hydrogens is 374 g/mol. The Hall–Kier alpha value is -2.27. The first-order valence-corrected chi connectivity index (χ1v) is 11.4. The number of phenols is 1. The third kappa shape index (κ3) is 3.33. The number of hydrogen-bond donors (Lipinski definition) is 2. The van der Waals surface area contributed by atoms with Crippen molar-refractivity contribution in [3.63, 3.8) is 0 Å². The van der Waals surface area contributed by atoms with Crippen molar-refractivity contribution in [2.45, 2.75) is 52.4 Å². The predicted molar refractivity (Wildman–Crippen MR) is 120 cm³/mol. The maximum atomic E-state index is 13.1. The number of phenolic OH excluding ortho intramolecular Hbond substituents is 1. The Morgan fingerprint density at radius 1 is 1.30 bits per heavy atom. The van der Waals surface area contributed by atoms with E-state index in [1.165, 1.54) is 16.8 Å². The van der Waals surface area contributed by atoms with Crippen molar-refractivity contribution in [1.82, 2.24) is 14.8 Å². The van der Waals surface area contributed by atoms with E-state index < -0.39 is 0 Å². The van der Waals surface area contributed by atoms with Crippen LogP contribution in [0.3, 0.4) is 0 Å². The van der Waals surface area contributed by atoms with Crippen LogP contribution in [0.5, 0.6) is 5.75 Å². The van der Waals surface area contributed by atoms with Crippen LogP contribution in [0.25, 0.3) is 0 Å². The van der Waals surface area contributed by atoms with E-state index in [-0.39, 0.29) is 11.3 Å². The van der Waals surface area contributed by atoms with Crippen molar-refractivity contribution in [3.8, 4) is 5.75 Å². The molecule has 1 unspecified atom stereocenters. The van der Waals surface area contributed by atoms with Gasteiger partial charge in [-0.1, -0.05) is 19.1 Å². The molecule has 2 heterocycles. The van der Waals surface area contributed by atoms with Crippen LogP contribution in [0.1, 0.15) is 60.1 Å². The Morgan fingerprint density at radius 3 is 2.73 bits per heavy atom. The smallest absolute Gasteiger partial charge is 0.270 e. The van der Waals surface area contributed by atoms with Crippen LogP contribution in [0, 0.1) is 12.8 Å². The molecule has 1 amide bonds. The van der Waals surface area contributed by atoms with Gasteiger partial charge in [-0.2, -0.15) is 0 Å². The van der Waals surface area contributed by atoms with Gasteiger partial charge in [0.1, 0.15) is 11.4 Å². The Kier molecular flexibility index (Phi) is 5.67. The highest BCUT2D eigenvalue weighted by molar-refractivity contribution is 5.94. The third-order valence-corrected chi connectivity index (χ3v) is 7.68. The predicted octanol–water partition coefficient (Wildman–Crippen LogP) is 3.89. The van der Waals surface area contributed by atoms with Crippen LogP contribution in [0.2, 0.25) is 0 Å². The Labute approximate surface area is 180 Å². The lowest BCUT2D eigenvalue weighted by atomic mass is 9.58. The molecular formula is C25H35N3O2. The highest BCUT2D eigenvalue weighted by atomic mass is 16.3. The lowest BCUT2D eigenvalue weighted by Gasteiger charge is -2.51. The highest BCUT2D eigenvalue weighted by Gasteiger charge is 2.48. The molecule has 2 aromatic rings. The van der Waals surface area contributed by atoms with Gasteiger partial charge >= 0.3 is 0 Å². The van der Waals surface area contributed by atoms with Crippen LogP contribution in [-0.4, -0.2) is 58.5 Å². The fraction of sp³-hybridized carbons (Fsp3) is 0.560. The van der Waals surface area contributed by atoms with Crippen LogP contribution in [0.15, 0.2) is 24.3 Å². The molecule has 2 atom stereocenters. The standard InChI is InChI=1S/C25H35N3O2/c1-5-27-12-11-25(18-9-8-10-20(29)13-18)15-22-21(14-19(25)16-27)17(4)23(26-22)24(30)28(6-2)7-3/h8-10,13,19,26,29H,5-7,11-12,14-16H2,1-4H3/t19-,25?/m1/s1. The summed E-state index contributed by atoms with van der Waals surface area (Å²) in [5.74, 6) is 0.923.